The van der Waals surface area contributed by atoms with E-state index in [1.165, 1.54) is 12.1 Å². The first-order chi connectivity index (χ1) is 18.5. The Morgan fingerprint density at radius 3 is 2.31 bits per heavy atom. The fourth-order valence-corrected chi connectivity index (χ4v) is 3.85. The molecule has 0 spiro atoms. The molecule has 39 heavy (non-hydrogen) atoms. The molecule has 1 aliphatic heterocycles. The molecule has 15 nitrogen and oxygen atoms in total. The van der Waals surface area contributed by atoms with Crippen LogP contribution in [0.15, 0.2) is 30.3 Å². The van der Waals surface area contributed by atoms with Crippen molar-refractivity contribution in [2.45, 2.75) is 68.9 Å². The molecule has 1 aliphatic rings. The van der Waals surface area contributed by atoms with Gasteiger partial charge < -0.3 is 51.6 Å². The van der Waals surface area contributed by atoms with E-state index in [1.54, 1.807) is 25.1 Å². The lowest BCUT2D eigenvalue weighted by Crippen LogP contribution is -2.65. The van der Waals surface area contributed by atoms with Gasteiger partial charge in [-0.1, -0.05) is 25.1 Å². The quantitative estimate of drug-likeness (QED) is 0.115. The minimum Gasteiger partial charge on any atom is -0.481 e. The Morgan fingerprint density at radius 2 is 1.74 bits per heavy atom. The number of amides is 4. The molecule has 0 saturated carbocycles. The monoisotopic (exact) mass is 554 g/mol. The first-order valence-electron chi connectivity index (χ1n) is 12.2. The topological polar surface area (TPSA) is 247 Å². The number of rotatable bonds is 14. The summed E-state index contributed by atoms with van der Waals surface area (Å²) >= 11 is 0. The van der Waals surface area contributed by atoms with E-state index in [9.17, 15) is 39.3 Å². The van der Waals surface area contributed by atoms with Crippen LogP contribution in [0.25, 0.3) is 0 Å². The molecule has 0 bridgehead atoms. The second-order valence-corrected chi connectivity index (χ2v) is 8.80. The van der Waals surface area contributed by atoms with Crippen LogP contribution < -0.4 is 21.7 Å². The van der Waals surface area contributed by atoms with Crippen LogP contribution >= 0.6 is 0 Å². The second kappa shape index (κ2) is 15.1. The van der Waals surface area contributed by atoms with Crippen LogP contribution in [0.2, 0.25) is 0 Å². The third-order valence-corrected chi connectivity index (χ3v) is 5.98. The van der Waals surface area contributed by atoms with E-state index in [0.29, 0.717) is 0 Å². The maximum atomic E-state index is 12.6. The lowest BCUT2D eigenvalue weighted by atomic mass is 9.96. The summed E-state index contributed by atoms with van der Waals surface area (Å²) in [5, 5.41) is 46.5. The van der Waals surface area contributed by atoms with Crippen LogP contribution in [0.1, 0.15) is 36.5 Å². The highest BCUT2D eigenvalue weighted by molar-refractivity contribution is 5.94. The maximum absolute atomic E-state index is 12.6. The number of ether oxygens (including phenoxy) is 2. The average molecular weight is 555 g/mol. The summed E-state index contributed by atoms with van der Waals surface area (Å²) in [6.45, 7) is 0.151. The molecule has 1 fully saturated rings. The third-order valence-electron chi connectivity index (χ3n) is 5.98. The van der Waals surface area contributed by atoms with Crippen molar-refractivity contribution in [3.8, 4) is 0 Å². The molecular weight excluding hydrogens is 520 g/mol. The number of aliphatic carboxylic acids is 1. The third kappa shape index (κ3) is 9.26. The normalized spacial score (nSPS) is 24.2. The number of aliphatic hydroxyl groups excluding tert-OH is 3. The number of carbonyl (C=O) groups excluding carboxylic acids is 4. The predicted octanol–water partition coefficient (Wildman–Crippen LogP) is -3.03. The summed E-state index contributed by atoms with van der Waals surface area (Å²) < 4.78 is 10.7. The van der Waals surface area contributed by atoms with Gasteiger partial charge >= 0.3 is 5.97 Å². The number of nitrogens with two attached hydrogens (primary N) is 1. The molecule has 0 aliphatic carbocycles. The number of carbonyl (C=O) groups is 5. The zero-order valence-electron chi connectivity index (χ0n) is 21.2. The molecule has 15 heteroatoms. The fourth-order valence-electron chi connectivity index (χ4n) is 3.85. The summed E-state index contributed by atoms with van der Waals surface area (Å²) in [5.41, 5.74) is 5.46. The molecule has 9 N–H and O–H groups in total. The number of nitrogens with one attached hydrogen (secondary N) is 3. The number of hydrogen-bond donors (Lipinski definition) is 8. The summed E-state index contributed by atoms with van der Waals surface area (Å²) in [5.74, 6) is -4.35. The van der Waals surface area contributed by atoms with Gasteiger partial charge in [0, 0.05) is 12.0 Å². The van der Waals surface area contributed by atoms with E-state index in [2.05, 4.69) is 16.0 Å². The van der Waals surface area contributed by atoms with Gasteiger partial charge in [0.05, 0.1) is 6.61 Å². The van der Waals surface area contributed by atoms with E-state index >= 15 is 0 Å². The molecule has 1 heterocycles. The van der Waals surface area contributed by atoms with Crippen molar-refractivity contribution in [1.82, 2.24) is 16.0 Å². The Kier molecular flexibility index (Phi) is 12.2. The Hall–Kier alpha value is -3.63. The highest BCUT2D eigenvalue weighted by Crippen LogP contribution is 2.23. The van der Waals surface area contributed by atoms with Gasteiger partial charge in [-0.25, -0.2) is 0 Å². The molecule has 0 radical (unpaired) electrons. The summed E-state index contributed by atoms with van der Waals surface area (Å²) in [6, 6.07) is 4.23. The molecule has 7 atom stereocenters. The molecule has 1 aromatic carbocycles. The number of carboxylic acids is 1. The number of hydrogen-bond acceptors (Lipinski definition) is 10. The van der Waals surface area contributed by atoms with Crippen molar-refractivity contribution in [1.29, 1.82) is 0 Å². The van der Waals surface area contributed by atoms with E-state index in [-0.39, 0.29) is 18.4 Å². The molecule has 216 valence electrons. The van der Waals surface area contributed by atoms with Gasteiger partial charge in [0.1, 0.15) is 43.0 Å². The van der Waals surface area contributed by atoms with Crippen LogP contribution in [-0.4, -0.2) is 106 Å². The van der Waals surface area contributed by atoms with Crippen molar-refractivity contribution in [3.05, 3.63) is 35.9 Å². The fraction of sp³-hybridized carbons (Fsp3) is 0.542. The molecule has 4 amide bonds. The number of primary amides is 1. The minimum absolute atomic E-state index is 0.0862. The molecule has 3 unspecified atom stereocenters. The van der Waals surface area contributed by atoms with Crippen molar-refractivity contribution in [3.63, 3.8) is 0 Å². The van der Waals surface area contributed by atoms with Crippen LogP contribution in [0.4, 0.5) is 0 Å². The van der Waals surface area contributed by atoms with Crippen molar-refractivity contribution < 1.29 is 53.9 Å². The average Bonchev–Trinajstić information content (AvgIpc) is 2.91. The highest BCUT2D eigenvalue weighted by atomic mass is 16.6. The number of aliphatic hydroxyl groups is 3. The lowest BCUT2D eigenvalue weighted by Gasteiger charge is -2.42. The largest absolute Gasteiger partial charge is 0.481 e. The molecule has 1 saturated heterocycles. The summed E-state index contributed by atoms with van der Waals surface area (Å²) in [7, 11) is 0. The molecular formula is C24H34N4O11. The van der Waals surface area contributed by atoms with Gasteiger partial charge in [0.15, 0.2) is 6.29 Å². The molecule has 2 rings (SSSR count). The Morgan fingerprint density at radius 1 is 1.08 bits per heavy atom. The summed E-state index contributed by atoms with van der Waals surface area (Å²) in [6.07, 6.45) is -6.49. The van der Waals surface area contributed by atoms with Crippen LogP contribution in [0, 0.1) is 0 Å². The summed E-state index contributed by atoms with van der Waals surface area (Å²) in [4.78, 5) is 60.1. The van der Waals surface area contributed by atoms with E-state index in [0.717, 1.165) is 0 Å². The number of carboxylic acid groups (broad SMARTS) is 1. The zero-order valence-corrected chi connectivity index (χ0v) is 21.2. The van der Waals surface area contributed by atoms with Crippen LogP contribution in [0.5, 0.6) is 0 Å². The van der Waals surface area contributed by atoms with Gasteiger partial charge in [-0.3, -0.25) is 24.0 Å². The Bertz CT molecular complexity index is 1010. The van der Waals surface area contributed by atoms with Crippen molar-refractivity contribution >= 4 is 29.6 Å². The molecule has 0 aromatic heterocycles. The first kappa shape index (κ1) is 31.6. The van der Waals surface area contributed by atoms with Crippen molar-refractivity contribution in [2.75, 3.05) is 13.2 Å². The van der Waals surface area contributed by atoms with Gasteiger partial charge in [-0.2, -0.15) is 0 Å². The van der Waals surface area contributed by atoms with Gasteiger partial charge in [0.25, 0.3) is 5.91 Å². The smallest absolute Gasteiger partial charge is 0.303 e. The number of benzene rings is 1. The van der Waals surface area contributed by atoms with Crippen molar-refractivity contribution in [2.24, 2.45) is 5.73 Å². The van der Waals surface area contributed by atoms with Crippen LogP contribution in [0.3, 0.4) is 0 Å². The van der Waals surface area contributed by atoms with Gasteiger partial charge in [-0.05, 0) is 25.0 Å². The predicted molar refractivity (Wildman–Crippen MR) is 132 cm³/mol. The Balaban J connectivity index is 2.05. The van der Waals surface area contributed by atoms with E-state index in [1.807, 2.05) is 0 Å². The van der Waals surface area contributed by atoms with Gasteiger partial charge in [-0.15, -0.1) is 0 Å². The minimum atomic E-state index is -1.70. The first-order valence-corrected chi connectivity index (χ1v) is 12.2. The lowest BCUT2D eigenvalue weighted by molar-refractivity contribution is -0.260. The van der Waals surface area contributed by atoms with E-state index in [4.69, 9.17) is 20.3 Å². The highest BCUT2D eigenvalue weighted by Gasteiger charge is 2.46. The maximum Gasteiger partial charge on any atom is 0.303 e. The van der Waals surface area contributed by atoms with Crippen LogP contribution in [-0.2, 0) is 28.7 Å². The zero-order chi connectivity index (χ0) is 29.1. The SMILES string of the molecule is CCC(NC(=O)CO[C@H]1[C@H](O)[C@@H](CO)OC(O)[C@@H]1NC(=O)c1ccccc1)C(=O)NC(CCC(=O)O)C(N)=O. The second-order valence-electron chi connectivity index (χ2n) is 8.80. The standard InChI is InChI=1S/C24H34N4O11/c1-2-13(23(36)27-14(21(25)34)8-9-17(31)32)26-16(30)11-38-20-18(24(37)39-15(10-29)19(20)33)28-22(35)12-6-4-3-5-7-12/h3-7,13-15,18-20,24,29,33,37H,2,8-11H2,1H3,(H2,25,34)(H,26,30)(H,27,36)(H,28,35)(H,31,32)/t13?,14?,15-,18-,19-,20-,24?/m1/s1. The molecule has 1 aromatic rings. The van der Waals surface area contributed by atoms with Gasteiger partial charge in [0.2, 0.25) is 17.7 Å². The Labute approximate surface area is 223 Å². The van der Waals surface area contributed by atoms with E-state index < -0.39 is 92.0 Å².